The summed E-state index contributed by atoms with van der Waals surface area (Å²) in [4.78, 5) is 41.8. The minimum atomic E-state index is -0.606. The molecule has 9 rings (SSSR count). The lowest BCUT2D eigenvalue weighted by atomic mass is 9.95. The monoisotopic (exact) mass is 794 g/mol. The summed E-state index contributed by atoms with van der Waals surface area (Å²) >= 11 is 0. The molecule has 12 nitrogen and oxygen atoms in total. The highest BCUT2D eigenvalue weighted by atomic mass is 16.5. The van der Waals surface area contributed by atoms with E-state index in [1.165, 1.54) is 0 Å². The number of hydrazone groups is 2. The van der Waals surface area contributed by atoms with Crippen LogP contribution in [0.5, 0.6) is 0 Å². The molecular weight excluding hydrogens is 753 g/mol. The molecule has 0 spiro atoms. The second-order valence-corrected chi connectivity index (χ2v) is 14.3. The van der Waals surface area contributed by atoms with E-state index in [2.05, 4.69) is 0 Å². The number of aliphatic imine (C=N–C) groups is 2. The average Bonchev–Trinajstić information content (AvgIpc) is 3.88. The molecule has 0 N–H and O–H groups in total. The van der Waals surface area contributed by atoms with Crippen molar-refractivity contribution in [2.75, 3.05) is 23.2 Å². The number of carbonyl (C=O) groups excluding carboxylic acids is 2. The molecular formula is C48H42N8O4. The maximum Gasteiger partial charge on any atom is 0.338 e. The number of nitrogens with zero attached hydrogens (tertiary/aromatic N) is 8. The van der Waals surface area contributed by atoms with E-state index in [1.54, 1.807) is 13.8 Å². The first-order chi connectivity index (χ1) is 29.4. The van der Waals surface area contributed by atoms with E-state index in [0.717, 1.165) is 33.6 Å². The van der Waals surface area contributed by atoms with Crippen LogP contribution in [0.15, 0.2) is 188 Å². The lowest BCUT2D eigenvalue weighted by molar-refractivity contribution is -0.139. The van der Waals surface area contributed by atoms with Gasteiger partial charge >= 0.3 is 11.9 Å². The SMILES string of the molecule is CCOC(=O)C1=C(C)N2C(c3ccc(C4=NN(c5ccccc5)C5=NC(c6ccccc6)C(C(=O)OCC)=C(C)N45)cc3)=NN(c3ccccc3)C2=NC1c1ccccc1. The molecule has 4 heterocycles. The van der Waals surface area contributed by atoms with Crippen LogP contribution in [0.2, 0.25) is 0 Å². The molecule has 5 aromatic carbocycles. The third-order valence-electron chi connectivity index (χ3n) is 10.7. The van der Waals surface area contributed by atoms with Crippen molar-refractivity contribution in [3.63, 3.8) is 0 Å². The molecule has 2 unspecified atom stereocenters. The van der Waals surface area contributed by atoms with Crippen LogP contribution >= 0.6 is 0 Å². The van der Waals surface area contributed by atoms with Gasteiger partial charge in [0.2, 0.25) is 11.9 Å². The van der Waals surface area contributed by atoms with Gasteiger partial charge in [-0.15, -0.1) is 10.2 Å². The van der Waals surface area contributed by atoms with Gasteiger partial charge in [-0.05, 0) is 63.1 Å². The first-order valence-corrected chi connectivity index (χ1v) is 20.0. The zero-order valence-electron chi connectivity index (χ0n) is 33.6. The lowest BCUT2D eigenvalue weighted by Gasteiger charge is -2.33. The standard InChI is InChI=1S/C48H42N8O4/c1-5-59-45(57)39-31(3)53-43(51-55(37-23-15-9-16-24-37)47(53)49-41(39)33-19-11-7-12-20-33)35-27-29-36(30-28-35)44-52-56(38-25-17-10-18-26-38)48-50-42(34-21-13-8-14-22-34)40(32(4)54(44)48)46(58)60-6-2/h7-30,41-42H,5-6H2,1-4H3. The van der Waals surface area contributed by atoms with Crippen molar-refractivity contribution in [3.8, 4) is 0 Å². The summed E-state index contributed by atoms with van der Waals surface area (Å²) in [6, 6.07) is 45.9. The number of hydrogen-bond donors (Lipinski definition) is 0. The van der Waals surface area contributed by atoms with Crippen LogP contribution in [0, 0.1) is 0 Å². The van der Waals surface area contributed by atoms with Gasteiger partial charge in [0, 0.05) is 22.5 Å². The molecule has 0 fully saturated rings. The first-order valence-electron chi connectivity index (χ1n) is 20.0. The molecule has 0 amide bonds. The Kier molecular flexibility index (Phi) is 10.1. The van der Waals surface area contributed by atoms with Crippen molar-refractivity contribution in [1.82, 2.24) is 9.80 Å². The van der Waals surface area contributed by atoms with E-state index in [0.29, 0.717) is 46.1 Å². The number of ether oxygens (including phenoxy) is 2. The minimum absolute atomic E-state index is 0.226. The fraction of sp³-hybridized carbons (Fsp3) is 0.167. The van der Waals surface area contributed by atoms with E-state index in [9.17, 15) is 9.59 Å². The maximum absolute atomic E-state index is 13.7. The zero-order valence-corrected chi connectivity index (χ0v) is 33.6. The van der Waals surface area contributed by atoms with Crippen molar-refractivity contribution in [2.24, 2.45) is 20.2 Å². The minimum Gasteiger partial charge on any atom is -0.463 e. The van der Waals surface area contributed by atoms with Gasteiger partial charge in [-0.3, -0.25) is 9.80 Å². The molecule has 0 aromatic heterocycles. The van der Waals surface area contributed by atoms with Crippen LogP contribution in [0.25, 0.3) is 0 Å². The maximum atomic E-state index is 13.7. The summed E-state index contributed by atoms with van der Waals surface area (Å²) in [6.45, 7) is 7.88. The van der Waals surface area contributed by atoms with Crippen molar-refractivity contribution in [2.45, 2.75) is 39.8 Å². The van der Waals surface area contributed by atoms with Gasteiger partial charge in [0.1, 0.15) is 12.1 Å². The van der Waals surface area contributed by atoms with E-state index in [1.807, 2.05) is 179 Å². The molecule has 0 radical (unpaired) electrons. The highest BCUT2D eigenvalue weighted by Crippen LogP contribution is 2.41. The van der Waals surface area contributed by atoms with Crippen LogP contribution in [0.1, 0.15) is 62.0 Å². The first kappa shape index (κ1) is 37.9. The summed E-state index contributed by atoms with van der Waals surface area (Å²) in [7, 11) is 0. The van der Waals surface area contributed by atoms with Crippen LogP contribution in [-0.4, -0.2) is 58.5 Å². The predicted octanol–water partition coefficient (Wildman–Crippen LogP) is 8.55. The molecule has 4 aliphatic rings. The molecule has 2 atom stereocenters. The van der Waals surface area contributed by atoms with E-state index >= 15 is 0 Å². The topological polar surface area (TPSA) is 115 Å². The Morgan fingerprint density at radius 1 is 0.500 bits per heavy atom. The van der Waals surface area contributed by atoms with Gasteiger partial charge in [0.05, 0.1) is 35.7 Å². The predicted molar refractivity (Wildman–Crippen MR) is 233 cm³/mol. The summed E-state index contributed by atoms with van der Waals surface area (Å²) in [5.41, 5.74) is 7.15. The molecule has 0 aliphatic carbocycles. The van der Waals surface area contributed by atoms with E-state index < -0.39 is 24.0 Å². The van der Waals surface area contributed by atoms with Gasteiger partial charge in [-0.2, -0.15) is 10.0 Å². The molecule has 4 aliphatic heterocycles. The number of hydrogen-bond acceptors (Lipinski definition) is 12. The fourth-order valence-electron chi connectivity index (χ4n) is 7.90. The van der Waals surface area contributed by atoms with E-state index in [-0.39, 0.29) is 13.2 Å². The Balaban J connectivity index is 1.15. The Labute approximate surface area is 348 Å². The normalized spacial score (nSPS) is 18.4. The number of carbonyl (C=O) groups is 2. The number of amidine groups is 2. The number of guanidine groups is 2. The Hall–Kier alpha value is -7.60. The number of allylic oxidation sites excluding steroid dienone is 2. The lowest BCUT2D eigenvalue weighted by Crippen LogP contribution is -2.42. The van der Waals surface area contributed by atoms with Gasteiger partial charge < -0.3 is 9.47 Å². The number of fused-ring (bicyclic) bond motifs is 2. The van der Waals surface area contributed by atoms with Crippen LogP contribution < -0.4 is 10.0 Å². The van der Waals surface area contributed by atoms with Crippen molar-refractivity contribution in [1.29, 1.82) is 0 Å². The number of benzene rings is 5. The Morgan fingerprint density at radius 3 is 1.17 bits per heavy atom. The van der Waals surface area contributed by atoms with Crippen molar-refractivity contribution >= 4 is 46.9 Å². The Bertz CT molecular complexity index is 2460. The van der Waals surface area contributed by atoms with Gasteiger partial charge in [-0.1, -0.05) is 121 Å². The van der Waals surface area contributed by atoms with Gasteiger partial charge in [0.25, 0.3) is 0 Å². The largest absolute Gasteiger partial charge is 0.463 e. The molecule has 60 heavy (non-hydrogen) atoms. The zero-order chi connectivity index (χ0) is 41.3. The van der Waals surface area contributed by atoms with Crippen LogP contribution in [0.4, 0.5) is 11.4 Å². The number of anilines is 2. The molecule has 0 bridgehead atoms. The van der Waals surface area contributed by atoms with Crippen molar-refractivity contribution < 1.29 is 19.1 Å². The highest BCUT2D eigenvalue weighted by molar-refractivity contribution is 6.22. The third-order valence-corrected chi connectivity index (χ3v) is 10.7. The molecule has 5 aromatic rings. The summed E-state index contributed by atoms with van der Waals surface area (Å²) < 4.78 is 11.3. The molecule has 0 saturated heterocycles. The highest BCUT2D eigenvalue weighted by Gasteiger charge is 2.44. The molecule has 298 valence electrons. The number of esters is 2. The molecule has 12 heteroatoms. The van der Waals surface area contributed by atoms with Crippen LogP contribution in [0.3, 0.4) is 0 Å². The third kappa shape index (κ3) is 6.61. The smallest absolute Gasteiger partial charge is 0.338 e. The van der Waals surface area contributed by atoms with Gasteiger partial charge in [-0.25, -0.2) is 19.6 Å². The summed E-state index contributed by atoms with van der Waals surface area (Å²) in [5.74, 6) is 1.43. The van der Waals surface area contributed by atoms with Crippen molar-refractivity contribution in [3.05, 3.63) is 190 Å². The summed E-state index contributed by atoms with van der Waals surface area (Å²) in [5, 5.41) is 14.0. The van der Waals surface area contributed by atoms with E-state index in [4.69, 9.17) is 29.7 Å². The Morgan fingerprint density at radius 2 is 0.833 bits per heavy atom. The molecule has 0 saturated carbocycles. The average molecular weight is 795 g/mol. The fourth-order valence-corrected chi connectivity index (χ4v) is 7.90. The van der Waals surface area contributed by atoms with Gasteiger partial charge in [0.15, 0.2) is 11.7 Å². The second-order valence-electron chi connectivity index (χ2n) is 14.3. The van der Waals surface area contributed by atoms with Crippen LogP contribution in [-0.2, 0) is 19.1 Å². The quantitative estimate of drug-likeness (QED) is 0.129. The summed E-state index contributed by atoms with van der Waals surface area (Å²) in [6.07, 6.45) is 0. The number of para-hydroxylation sites is 2. The second kappa shape index (κ2) is 16.0. The number of rotatable bonds is 10.